The van der Waals surface area contributed by atoms with E-state index in [4.69, 9.17) is 15.0 Å². The Morgan fingerprint density at radius 1 is 0.656 bits per heavy atom. The summed E-state index contributed by atoms with van der Waals surface area (Å²) >= 11 is 0. The Morgan fingerprint density at radius 2 is 1.06 bits per heavy atom. The molecule has 0 saturated carbocycles. The predicted octanol–water partition coefficient (Wildman–Crippen LogP) is 8.23. The third kappa shape index (κ3) is 5.59. The van der Waals surface area contributed by atoms with Crippen LogP contribution in [0.25, 0.3) is 0 Å². The van der Waals surface area contributed by atoms with E-state index in [1.807, 2.05) is 32.0 Å². The number of rotatable bonds is 6. The first kappa shape index (κ1) is 23.6. The zero-order valence-electron chi connectivity index (χ0n) is 20.7. The Kier molecular flexibility index (Phi) is 7.40. The average Bonchev–Trinajstić information content (AvgIpc) is 2.75. The lowest BCUT2D eigenvalue weighted by molar-refractivity contribution is 0.865. The minimum absolute atomic E-state index is 0.416. The van der Waals surface area contributed by atoms with Crippen molar-refractivity contribution in [2.24, 2.45) is 9.98 Å². The fraction of sp³-hybridized carbons (Fsp3) is 0.345. The van der Waals surface area contributed by atoms with Crippen molar-refractivity contribution in [2.75, 3.05) is 0 Å². The van der Waals surface area contributed by atoms with Crippen molar-refractivity contribution in [1.29, 1.82) is 0 Å². The quantitative estimate of drug-likeness (QED) is 0.366. The molecule has 1 aromatic heterocycles. The number of hydrogen-bond donors (Lipinski definition) is 0. The molecule has 0 radical (unpaired) electrons. The minimum Gasteiger partial charge on any atom is -0.251 e. The van der Waals surface area contributed by atoms with E-state index in [9.17, 15) is 0 Å². The van der Waals surface area contributed by atoms with Gasteiger partial charge in [-0.3, -0.25) is 9.98 Å². The SMILES string of the molecule is CC(=Nc1ccc(C)cc1C(C)C)c1cccc(C(C)=Nc2ccc(C)cc2C(C)C)n1. The first-order chi connectivity index (χ1) is 15.2. The maximum atomic E-state index is 4.94. The van der Waals surface area contributed by atoms with Crippen LogP contribution >= 0.6 is 0 Å². The number of nitrogens with zero attached hydrogens (tertiary/aromatic N) is 3. The Hall–Kier alpha value is -3.07. The summed E-state index contributed by atoms with van der Waals surface area (Å²) < 4.78 is 0. The molecule has 0 aliphatic carbocycles. The predicted molar refractivity (Wildman–Crippen MR) is 139 cm³/mol. The van der Waals surface area contributed by atoms with Gasteiger partial charge >= 0.3 is 0 Å². The molecule has 0 bridgehead atoms. The van der Waals surface area contributed by atoms with Crippen molar-refractivity contribution < 1.29 is 0 Å². The molecule has 0 fully saturated rings. The second kappa shape index (κ2) is 10.0. The smallest absolute Gasteiger partial charge is 0.0849 e. The Balaban J connectivity index is 1.97. The van der Waals surface area contributed by atoms with Crippen molar-refractivity contribution in [2.45, 2.75) is 67.2 Å². The van der Waals surface area contributed by atoms with Crippen LogP contribution in [0.15, 0.2) is 64.6 Å². The number of benzene rings is 2. The van der Waals surface area contributed by atoms with E-state index in [0.29, 0.717) is 11.8 Å². The van der Waals surface area contributed by atoms with Crippen molar-refractivity contribution in [3.05, 3.63) is 88.2 Å². The molecule has 2 aromatic carbocycles. The lowest BCUT2D eigenvalue weighted by Gasteiger charge is -2.12. The lowest BCUT2D eigenvalue weighted by atomic mass is 9.99. The number of aromatic nitrogens is 1. The van der Waals surface area contributed by atoms with Gasteiger partial charge in [-0.15, -0.1) is 0 Å². The first-order valence-electron chi connectivity index (χ1n) is 11.4. The molecule has 3 heteroatoms. The summed E-state index contributed by atoms with van der Waals surface area (Å²) in [6.07, 6.45) is 0. The van der Waals surface area contributed by atoms with Crippen LogP contribution in [0.1, 0.15) is 87.0 Å². The summed E-state index contributed by atoms with van der Waals surface area (Å²) in [7, 11) is 0. The molecule has 32 heavy (non-hydrogen) atoms. The molecular weight excluding hydrogens is 390 g/mol. The second-order valence-electron chi connectivity index (χ2n) is 9.24. The van der Waals surface area contributed by atoms with E-state index in [-0.39, 0.29) is 0 Å². The van der Waals surface area contributed by atoms with Crippen LogP contribution in [0, 0.1) is 13.8 Å². The summed E-state index contributed by atoms with van der Waals surface area (Å²) in [4.78, 5) is 14.8. The summed E-state index contributed by atoms with van der Waals surface area (Å²) in [5.74, 6) is 0.833. The molecule has 0 saturated heterocycles. The van der Waals surface area contributed by atoms with Crippen LogP contribution in [0.4, 0.5) is 11.4 Å². The second-order valence-corrected chi connectivity index (χ2v) is 9.24. The Morgan fingerprint density at radius 3 is 1.44 bits per heavy atom. The average molecular weight is 426 g/mol. The fourth-order valence-corrected chi connectivity index (χ4v) is 3.79. The minimum atomic E-state index is 0.416. The van der Waals surface area contributed by atoms with Crippen molar-refractivity contribution in [3.8, 4) is 0 Å². The highest BCUT2D eigenvalue weighted by atomic mass is 14.8. The zero-order chi connectivity index (χ0) is 23.4. The molecule has 3 nitrogen and oxygen atoms in total. The molecule has 166 valence electrons. The number of pyridine rings is 1. The third-order valence-electron chi connectivity index (χ3n) is 5.68. The van der Waals surface area contributed by atoms with Gasteiger partial charge < -0.3 is 0 Å². The van der Waals surface area contributed by atoms with Gasteiger partial charge in [-0.2, -0.15) is 0 Å². The van der Waals surface area contributed by atoms with Gasteiger partial charge in [0.25, 0.3) is 0 Å². The maximum Gasteiger partial charge on any atom is 0.0849 e. The lowest BCUT2D eigenvalue weighted by Crippen LogP contribution is -2.05. The fourth-order valence-electron chi connectivity index (χ4n) is 3.79. The van der Waals surface area contributed by atoms with E-state index in [2.05, 4.69) is 77.9 Å². The van der Waals surface area contributed by atoms with Gasteiger partial charge in [0.1, 0.15) is 0 Å². The van der Waals surface area contributed by atoms with Gasteiger partial charge in [0.05, 0.1) is 34.2 Å². The molecule has 0 aliphatic heterocycles. The topological polar surface area (TPSA) is 37.6 Å². The molecule has 0 spiro atoms. The summed E-state index contributed by atoms with van der Waals surface area (Å²) in [6.45, 7) is 17.1. The highest BCUT2D eigenvalue weighted by molar-refractivity contribution is 6.02. The summed E-state index contributed by atoms with van der Waals surface area (Å²) in [5.41, 5.74) is 10.6. The van der Waals surface area contributed by atoms with Gasteiger partial charge in [0.15, 0.2) is 0 Å². The van der Waals surface area contributed by atoms with Gasteiger partial charge in [-0.05, 0) is 74.9 Å². The van der Waals surface area contributed by atoms with E-state index in [0.717, 1.165) is 34.2 Å². The van der Waals surface area contributed by atoms with Crippen molar-refractivity contribution in [1.82, 2.24) is 4.98 Å². The van der Waals surface area contributed by atoms with Crippen LogP contribution in [0.3, 0.4) is 0 Å². The molecule has 1 heterocycles. The maximum absolute atomic E-state index is 4.94. The Labute approximate surface area is 193 Å². The molecular formula is C29H35N3. The molecule has 3 rings (SSSR count). The van der Waals surface area contributed by atoms with Crippen LogP contribution in [0.2, 0.25) is 0 Å². The molecule has 3 aromatic rings. The summed E-state index contributed by atoms with van der Waals surface area (Å²) in [6, 6.07) is 19.0. The van der Waals surface area contributed by atoms with Crippen LogP contribution in [0.5, 0.6) is 0 Å². The highest BCUT2D eigenvalue weighted by Gasteiger charge is 2.11. The number of aliphatic imine (C=N–C) groups is 2. The number of aryl methyl sites for hydroxylation is 2. The Bertz CT molecular complexity index is 1080. The van der Waals surface area contributed by atoms with Crippen LogP contribution in [-0.2, 0) is 0 Å². The van der Waals surface area contributed by atoms with E-state index < -0.39 is 0 Å². The molecule has 0 N–H and O–H groups in total. The monoisotopic (exact) mass is 425 g/mol. The third-order valence-corrected chi connectivity index (χ3v) is 5.68. The molecule has 0 amide bonds. The first-order valence-corrected chi connectivity index (χ1v) is 11.4. The van der Waals surface area contributed by atoms with Gasteiger partial charge in [-0.1, -0.05) is 69.2 Å². The molecule has 0 aliphatic rings. The van der Waals surface area contributed by atoms with Crippen molar-refractivity contribution in [3.63, 3.8) is 0 Å². The van der Waals surface area contributed by atoms with Crippen molar-refractivity contribution >= 4 is 22.8 Å². The normalized spacial score (nSPS) is 12.7. The highest BCUT2D eigenvalue weighted by Crippen LogP contribution is 2.29. The largest absolute Gasteiger partial charge is 0.251 e. The van der Waals surface area contributed by atoms with E-state index in [1.165, 1.54) is 22.3 Å². The van der Waals surface area contributed by atoms with E-state index >= 15 is 0 Å². The van der Waals surface area contributed by atoms with Gasteiger partial charge in [0, 0.05) is 0 Å². The molecule has 0 unspecified atom stereocenters. The summed E-state index contributed by atoms with van der Waals surface area (Å²) in [5, 5.41) is 0. The van der Waals surface area contributed by atoms with Gasteiger partial charge in [-0.25, -0.2) is 4.98 Å². The zero-order valence-corrected chi connectivity index (χ0v) is 20.7. The van der Waals surface area contributed by atoms with Crippen LogP contribution < -0.4 is 0 Å². The van der Waals surface area contributed by atoms with Crippen LogP contribution in [-0.4, -0.2) is 16.4 Å². The number of hydrogen-bond acceptors (Lipinski definition) is 3. The molecule has 0 atom stereocenters. The standard InChI is InChI=1S/C29H35N3/c1-18(2)24-16-20(5)12-14-28(24)30-22(7)26-10-9-11-27(32-26)23(8)31-29-15-13-21(6)17-25(29)19(3)4/h9-19H,1-8H3. The van der Waals surface area contributed by atoms with Gasteiger partial charge in [0.2, 0.25) is 0 Å². The van der Waals surface area contributed by atoms with E-state index in [1.54, 1.807) is 0 Å².